The van der Waals surface area contributed by atoms with E-state index in [0.29, 0.717) is 18.2 Å². The summed E-state index contributed by atoms with van der Waals surface area (Å²) in [5.41, 5.74) is 5.40. The van der Waals surface area contributed by atoms with E-state index in [1.54, 1.807) is 11.1 Å². The molecule has 0 aliphatic carbocycles. The lowest BCUT2D eigenvalue weighted by Crippen LogP contribution is -2.23. The molecule has 1 aliphatic rings. The number of aromatic nitrogens is 2. The standard InChI is InChI=1S/C22H16ClN3O2/c23-15-9-7-14(8-10-15)19-21(26-12-13-28-22(26)27)17-5-3-4-16(20(17)25-19)18-6-1-2-11-24-18/h1-11,25H,12-13H2. The SMILES string of the molecule is O=C1OCCN1c1c(-c2ccc(Cl)cc2)[nH]c2c(-c3ccccn3)cccc12. The smallest absolute Gasteiger partial charge is 0.414 e. The minimum Gasteiger partial charge on any atom is -0.447 e. The van der Waals surface area contributed by atoms with Crippen LogP contribution in [0.3, 0.4) is 0 Å². The molecule has 1 saturated heterocycles. The second-order valence-electron chi connectivity index (χ2n) is 6.56. The van der Waals surface area contributed by atoms with Crippen LogP contribution in [0.4, 0.5) is 10.5 Å². The zero-order valence-electron chi connectivity index (χ0n) is 14.9. The Morgan fingerprint density at radius 2 is 1.89 bits per heavy atom. The Morgan fingerprint density at radius 3 is 2.61 bits per heavy atom. The zero-order valence-corrected chi connectivity index (χ0v) is 15.6. The summed E-state index contributed by atoms with van der Waals surface area (Å²) >= 11 is 6.07. The van der Waals surface area contributed by atoms with E-state index >= 15 is 0 Å². The molecule has 6 heteroatoms. The number of ether oxygens (including phenoxy) is 1. The second kappa shape index (κ2) is 6.69. The summed E-state index contributed by atoms with van der Waals surface area (Å²) < 4.78 is 5.20. The molecule has 1 fully saturated rings. The average molecular weight is 390 g/mol. The molecule has 1 aliphatic heterocycles. The van der Waals surface area contributed by atoms with Gasteiger partial charge in [0, 0.05) is 27.7 Å². The minimum absolute atomic E-state index is 0.334. The van der Waals surface area contributed by atoms with Gasteiger partial charge >= 0.3 is 6.09 Å². The lowest BCUT2D eigenvalue weighted by molar-refractivity contribution is 0.181. The monoisotopic (exact) mass is 389 g/mol. The van der Waals surface area contributed by atoms with E-state index in [0.717, 1.165) is 39.1 Å². The number of fused-ring (bicyclic) bond motifs is 1. The summed E-state index contributed by atoms with van der Waals surface area (Å²) in [5.74, 6) is 0. The van der Waals surface area contributed by atoms with Crippen molar-refractivity contribution in [2.45, 2.75) is 0 Å². The zero-order chi connectivity index (χ0) is 19.1. The first kappa shape index (κ1) is 16.8. The quantitative estimate of drug-likeness (QED) is 0.502. The van der Waals surface area contributed by atoms with Crippen molar-refractivity contribution in [2.75, 3.05) is 18.1 Å². The van der Waals surface area contributed by atoms with Crippen LogP contribution in [0.25, 0.3) is 33.4 Å². The maximum absolute atomic E-state index is 12.4. The first-order valence-corrected chi connectivity index (χ1v) is 9.36. The number of H-pyrrole nitrogens is 1. The van der Waals surface area contributed by atoms with E-state index in [1.807, 2.05) is 60.7 Å². The molecule has 0 atom stereocenters. The van der Waals surface area contributed by atoms with Crippen LogP contribution in [0.1, 0.15) is 0 Å². The van der Waals surface area contributed by atoms with Crippen molar-refractivity contribution in [1.82, 2.24) is 9.97 Å². The molecule has 0 unspecified atom stereocenters. The number of carbonyl (C=O) groups excluding carboxylic acids is 1. The number of pyridine rings is 1. The van der Waals surface area contributed by atoms with Gasteiger partial charge in [0.15, 0.2) is 0 Å². The molecule has 4 aromatic rings. The molecule has 5 nitrogen and oxygen atoms in total. The van der Waals surface area contributed by atoms with Crippen LogP contribution in [0.2, 0.25) is 5.02 Å². The maximum Gasteiger partial charge on any atom is 0.414 e. The molecular weight excluding hydrogens is 374 g/mol. The van der Waals surface area contributed by atoms with Crippen LogP contribution in [0.15, 0.2) is 66.9 Å². The number of amides is 1. The Morgan fingerprint density at radius 1 is 1.04 bits per heavy atom. The molecule has 0 radical (unpaired) electrons. The second-order valence-corrected chi connectivity index (χ2v) is 7.00. The summed E-state index contributed by atoms with van der Waals surface area (Å²) in [6.07, 6.45) is 1.44. The minimum atomic E-state index is -0.334. The number of benzene rings is 2. The van der Waals surface area contributed by atoms with E-state index in [-0.39, 0.29) is 6.09 Å². The topological polar surface area (TPSA) is 58.2 Å². The fraction of sp³-hybridized carbons (Fsp3) is 0.0909. The molecule has 1 N–H and O–H groups in total. The number of halogens is 1. The normalized spacial score (nSPS) is 13.9. The van der Waals surface area contributed by atoms with Gasteiger partial charge in [-0.15, -0.1) is 0 Å². The van der Waals surface area contributed by atoms with Gasteiger partial charge < -0.3 is 9.72 Å². The van der Waals surface area contributed by atoms with Crippen LogP contribution in [0, 0.1) is 0 Å². The van der Waals surface area contributed by atoms with Gasteiger partial charge in [-0.05, 0) is 24.3 Å². The number of aromatic amines is 1. The molecule has 1 amide bonds. The number of anilines is 1. The molecule has 28 heavy (non-hydrogen) atoms. The van der Waals surface area contributed by atoms with Crippen molar-refractivity contribution in [1.29, 1.82) is 0 Å². The molecule has 3 heterocycles. The molecule has 2 aromatic heterocycles. The van der Waals surface area contributed by atoms with Crippen molar-refractivity contribution >= 4 is 34.3 Å². The van der Waals surface area contributed by atoms with Gasteiger partial charge in [0.2, 0.25) is 0 Å². The van der Waals surface area contributed by atoms with Crippen LogP contribution in [-0.2, 0) is 4.74 Å². The summed E-state index contributed by atoms with van der Waals surface area (Å²) in [6, 6.07) is 19.4. The Bertz CT molecular complexity index is 1170. The van der Waals surface area contributed by atoms with E-state index in [4.69, 9.17) is 16.3 Å². The first-order chi connectivity index (χ1) is 13.7. The summed E-state index contributed by atoms with van der Waals surface area (Å²) in [5, 5.41) is 1.61. The summed E-state index contributed by atoms with van der Waals surface area (Å²) in [6.45, 7) is 0.895. The van der Waals surface area contributed by atoms with E-state index < -0.39 is 0 Å². The number of nitrogens with one attached hydrogen (secondary N) is 1. The lowest BCUT2D eigenvalue weighted by atomic mass is 10.1. The number of para-hydroxylation sites is 1. The van der Waals surface area contributed by atoms with Gasteiger partial charge in [0.25, 0.3) is 0 Å². The molecule has 0 spiro atoms. The Hall–Kier alpha value is -3.31. The third-order valence-electron chi connectivity index (χ3n) is 4.91. The Balaban J connectivity index is 1.80. The van der Waals surface area contributed by atoms with Gasteiger partial charge in [-0.25, -0.2) is 4.79 Å². The molecule has 0 bridgehead atoms. The van der Waals surface area contributed by atoms with Gasteiger partial charge in [-0.1, -0.05) is 48.0 Å². The highest BCUT2D eigenvalue weighted by Gasteiger charge is 2.30. The fourth-order valence-electron chi connectivity index (χ4n) is 3.64. The van der Waals surface area contributed by atoms with E-state index in [1.165, 1.54) is 0 Å². The number of hydrogen-bond donors (Lipinski definition) is 1. The maximum atomic E-state index is 12.4. The number of cyclic esters (lactones) is 1. The molecule has 5 rings (SSSR count). The Kier molecular flexibility index (Phi) is 4.02. The van der Waals surface area contributed by atoms with Crippen molar-refractivity contribution in [3.63, 3.8) is 0 Å². The largest absolute Gasteiger partial charge is 0.447 e. The van der Waals surface area contributed by atoms with Crippen LogP contribution in [-0.4, -0.2) is 29.2 Å². The van der Waals surface area contributed by atoms with Crippen molar-refractivity contribution in [3.05, 3.63) is 71.9 Å². The first-order valence-electron chi connectivity index (χ1n) is 8.99. The van der Waals surface area contributed by atoms with E-state index in [2.05, 4.69) is 9.97 Å². The molecule has 0 saturated carbocycles. The number of nitrogens with zero attached hydrogens (tertiary/aromatic N) is 2. The molecule has 2 aromatic carbocycles. The predicted molar refractivity (Wildman–Crippen MR) is 111 cm³/mol. The lowest BCUT2D eigenvalue weighted by Gasteiger charge is -2.14. The van der Waals surface area contributed by atoms with Gasteiger partial charge in [0.05, 0.1) is 29.1 Å². The Labute approximate surface area is 166 Å². The summed E-state index contributed by atoms with van der Waals surface area (Å²) in [7, 11) is 0. The summed E-state index contributed by atoms with van der Waals surface area (Å²) in [4.78, 5) is 22.1. The number of carbonyl (C=O) groups is 1. The number of rotatable bonds is 3. The van der Waals surface area contributed by atoms with Gasteiger partial charge in [-0.3, -0.25) is 9.88 Å². The van der Waals surface area contributed by atoms with Crippen molar-refractivity contribution < 1.29 is 9.53 Å². The van der Waals surface area contributed by atoms with E-state index in [9.17, 15) is 4.79 Å². The van der Waals surface area contributed by atoms with Crippen LogP contribution in [0.5, 0.6) is 0 Å². The predicted octanol–water partition coefficient (Wildman–Crippen LogP) is 5.51. The third kappa shape index (κ3) is 2.72. The molecular formula is C22H16ClN3O2. The van der Waals surface area contributed by atoms with Crippen LogP contribution >= 0.6 is 11.6 Å². The molecule has 138 valence electrons. The fourth-order valence-corrected chi connectivity index (χ4v) is 3.77. The van der Waals surface area contributed by atoms with Gasteiger partial charge in [-0.2, -0.15) is 0 Å². The highest BCUT2D eigenvalue weighted by Crippen LogP contribution is 2.42. The van der Waals surface area contributed by atoms with Crippen molar-refractivity contribution in [2.24, 2.45) is 0 Å². The van der Waals surface area contributed by atoms with Gasteiger partial charge in [0.1, 0.15) is 6.61 Å². The highest BCUT2D eigenvalue weighted by atomic mass is 35.5. The third-order valence-corrected chi connectivity index (χ3v) is 5.16. The van der Waals surface area contributed by atoms with Crippen molar-refractivity contribution in [3.8, 4) is 22.5 Å². The average Bonchev–Trinajstić information content (AvgIpc) is 3.32. The number of hydrogen-bond acceptors (Lipinski definition) is 3. The van der Waals surface area contributed by atoms with Crippen LogP contribution < -0.4 is 4.90 Å². The highest BCUT2D eigenvalue weighted by molar-refractivity contribution is 6.30.